The lowest BCUT2D eigenvalue weighted by Gasteiger charge is -2.19. The molecule has 2 aromatic rings. The van der Waals surface area contributed by atoms with Crippen molar-refractivity contribution in [2.24, 2.45) is 0 Å². The maximum atomic E-state index is 11.0. The number of benzene rings is 2. The Hall–Kier alpha value is -2.69. The number of rotatable bonds is 4. The fourth-order valence-electron chi connectivity index (χ4n) is 2.28. The van der Waals surface area contributed by atoms with Gasteiger partial charge in [-0.25, -0.2) is 0 Å². The zero-order valence-corrected chi connectivity index (χ0v) is 12.4. The molecule has 2 aromatic carbocycles. The van der Waals surface area contributed by atoms with E-state index in [0.29, 0.717) is 19.8 Å². The number of nitrogens with one attached hydrogen (secondary N) is 2. The van der Waals surface area contributed by atoms with Gasteiger partial charge in [-0.3, -0.25) is 4.79 Å². The molecule has 22 heavy (non-hydrogen) atoms. The predicted molar refractivity (Wildman–Crippen MR) is 85.5 cm³/mol. The zero-order chi connectivity index (χ0) is 15.4. The monoisotopic (exact) mass is 298 g/mol. The largest absolute Gasteiger partial charge is 0.486 e. The van der Waals surface area contributed by atoms with E-state index >= 15 is 0 Å². The quantitative estimate of drug-likeness (QED) is 0.911. The second kappa shape index (κ2) is 6.39. The summed E-state index contributed by atoms with van der Waals surface area (Å²) in [5.41, 5.74) is 2.90. The molecule has 5 nitrogen and oxygen atoms in total. The molecule has 1 aliphatic heterocycles. The lowest BCUT2D eigenvalue weighted by molar-refractivity contribution is -0.114. The first kappa shape index (κ1) is 14.3. The van der Waals surface area contributed by atoms with Crippen molar-refractivity contribution in [1.82, 2.24) is 0 Å². The van der Waals surface area contributed by atoms with Crippen LogP contribution in [0.4, 0.5) is 11.4 Å². The molecule has 0 unspecified atom stereocenters. The van der Waals surface area contributed by atoms with Gasteiger partial charge in [0, 0.05) is 24.8 Å². The summed E-state index contributed by atoms with van der Waals surface area (Å²) in [5.74, 6) is 1.53. The van der Waals surface area contributed by atoms with Crippen LogP contribution in [0.25, 0.3) is 0 Å². The summed E-state index contributed by atoms with van der Waals surface area (Å²) in [7, 11) is 0. The molecule has 0 spiro atoms. The van der Waals surface area contributed by atoms with Crippen molar-refractivity contribution in [1.29, 1.82) is 0 Å². The minimum atomic E-state index is -0.0722. The van der Waals surface area contributed by atoms with Crippen molar-refractivity contribution in [2.75, 3.05) is 23.8 Å². The number of anilines is 2. The standard InChI is InChI=1S/C17H18N2O3/c1-12(20)19-15-5-3-14(4-6-15)18-11-13-2-7-16-17(10-13)22-9-8-21-16/h2-7,10,18H,8-9,11H2,1H3,(H,19,20). The van der Waals surface area contributed by atoms with Gasteiger partial charge in [-0.05, 0) is 42.0 Å². The van der Waals surface area contributed by atoms with Crippen LogP contribution in [0.5, 0.6) is 11.5 Å². The molecule has 0 aliphatic carbocycles. The number of amides is 1. The number of hydrogen-bond acceptors (Lipinski definition) is 4. The van der Waals surface area contributed by atoms with Crippen LogP contribution in [0.3, 0.4) is 0 Å². The third kappa shape index (κ3) is 3.49. The Kier molecular flexibility index (Phi) is 4.14. The van der Waals surface area contributed by atoms with Crippen LogP contribution in [-0.2, 0) is 11.3 Å². The predicted octanol–water partition coefficient (Wildman–Crippen LogP) is 3.03. The van der Waals surface area contributed by atoms with Crippen LogP contribution in [0.1, 0.15) is 12.5 Å². The van der Waals surface area contributed by atoms with Crippen molar-refractivity contribution in [2.45, 2.75) is 13.5 Å². The second-order valence-electron chi connectivity index (χ2n) is 5.09. The summed E-state index contributed by atoms with van der Waals surface area (Å²) >= 11 is 0. The molecule has 2 N–H and O–H groups in total. The summed E-state index contributed by atoms with van der Waals surface area (Å²) in [6.45, 7) is 3.38. The van der Waals surface area contributed by atoms with Gasteiger partial charge in [0.1, 0.15) is 13.2 Å². The SMILES string of the molecule is CC(=O)Nc1ccc(NCc2ccc3c(c2)OCCO3)cc1. The summed E-state index contributed by atoms with van der Waals surface area (Å²) in [6.07, 6.45) is 0. The Morgan fingerprint density at radius 2 is 1.68 bits per heavy atom. The molecule has 1 aliphatic rings. The van der Waals surface area contributed by atoms with Gasteiger partial charge in [-0.2, -0.15) is 0 Å². The van der Waals surface area contributed by atoms with E-state index in [2.05, 4.69) is 10.6 Å². The van der Waals surface area contributed by atoms with Crippen LogP contribution >= 0.6 is 0 Å². The normalized spacial score (nSPS) is 12.6. The fraction of sp³-hybridized carbons (Fsp3) is 0.235. The Bertz CT molecular complexity index is 668. The second-order valence-corrected chi connectivity index (χ2v) is 5.09. The number of fused-ring (bicyclic) bond motifs is 1. The summed E-state index contributed by atoms with van der Waals surface area (Å²) in [4.78, 5) is 11.0. The number of ether oxygens (including phenoxy) is 2. The molecular weight excluding hydrogens is 280 g/mol. The number of hydrogen-bond donors (Lipinski definition) is 2. The maximum absolute atomic E-state index is 11.0. The van der Waals surface area contributed by atoms with Gasteiger partial charge in [0.05, 0.1) is 0 Å². The van der Waals surface area contributed by atoms with Crippen molar-refractivity contribution < 1.29 is 14.3 Å². The first-order valence-corrected chi connectivity index (χ1v) is 7.21. The van der Waals surface area contributed by atoms with E-state index in [4.69, 9.17) is 9.47 Å². The lowest BCUT2D eigenvalue weighted by Crippen LogP contribution is -2.15. The van der Waals surface area contributed by atoms with Gasteiger partial charge in [-0.15, -0.1) is 0 Å². The highest BCUT2D eigenvalue weighted by molar-refractivity contribution is 5.88. The van der Waals surface area contributed by atoms with Gasteiger partial charge in [0.15, 0.2) is 11.5 Å². The fourth-order valence-corrected chi connectivity index (χ4v) is 2.28. The highest BCUT2D eigenvalue weighted by Gasteiger charge is 2.11. The van der Waals surface area contributed by atoms with Gasteiger partial charge < -0.3 is 20.1 Å². The highest BCUT2D eigenvalue weighted by atomic mass is 16.6. The van der Waals surface area contributed by atoms with Crippen LogP contribution in [0.2, 0.25) is 0 Å². The molecule has 0 atom stereocenters. The molecule has 0 radical (unpaired) electrons. The van der Waals surface area contributed by atoms with Gasteiger partial charge in [0.2, 0.25) is 5.91 Å². The smallest absolute Gasteiger partial charge is 0.221 e. The molecule has 1 amide bonds. The minimum Gasteiger partial charge on any atom is -0.486 e. The van der Waals surface area contributed by atoms with E-state index in [1.54, 1.807) is 0 Å². The van der Waals surface area contributed by atoms with E-state index in [9.17, 15) is 4.79 Å². The molecule has 114 valence electrons. The van der Waals surface area contributed by atoms with E-state index in [1.807, 2.05) is 42.5 Å². The van der Waals surface area contributed by atoms with Crippen LogP contribution in [-0.4, -0.2) is 19.1 Å². The average molecular weight is 298 g/mol. The Balaban J connectivity index is 1.61. The van der Waals surface area contributed by atoms with Crippen LogP contribution in [0.15, 0.2) is 42.5 Å². The Morgan fingerprint density at radius 3 is 2.41 bits per heavy atom. The minimum absolute atomic E-state index is 0.0722. The van der Waals surface area contributed by atoms with Crippen molar-refractivity contribution in [3.05, 3.63) is 48.0 Å². The average Bonchev–Trinajstić information content (AvgIpc) is 2.53. The Morgan fingerprint density at radius 1 is 1.00 bits per heavy atom. The topological polar surface area (TPSA) is 59.6 Å². The Labute approximate surface area is 129 Å². The number of carbonyl (C=O) groups excluding carboxylic acids is 1. The summed E-state index contributed by atoms with van der Waals surface area (Å²) < 4.78 is 11.1. The molecule has 3 rings (SSSR count). The molecular formula is C17H18N2O3. The maximum Gasteiger partial charge on any atom is 0.221 e. The summed E-state index contributed by atoms with van der Waals surface area (Å²) in [6, 6.07) is 13.6. The van der Waals surface area contributed by atoms with Crippen molar-refractivity contribution in [3.63, 3.8) is 0 Å². The number of carbonyl (C=O) groups is 1. The molecule has 5 heteroatoms. The van der Waals surface area contributed by atoms with E-state index in [1.165, 1.54) is 6.92 Å². The zero-order valence-electron chi connectivity index (χ0n) is 12.4. The van der Waals surface area contributed by atoms with Gasteiger partial charge in [-0.1, -0.05) is 6.07 Å². The van der Waals surface area contributed by atoms with E-state index < -0.39 is 0 Å². The van der Waals surface area contributed by atoms with Crippen LogP contribution in [0, 0.1) is 0 Å². The van der Waals surface area contributed by atoms with Crippen LogP contribution < -0.4 is 20.1 Å². The molecule has 0 bridgehead atoms. The molecule has 0 saturated heterocycles. The van der Waals surface area contributed by atoms with E-state index in [0.717, 1.165) is 28.4 Å². The third-order valence-electron chi connectivity index (χ3n) is 3.31. The first-order valence-electron chi connectivity index (χ1n) is 7.21. The van der Waals surface area contributed by atoms with Crippen molar-refractivity contribution in [3.8, 4) is 11.5 Å². The lowest BCUT2D eigenvalue weighted by atomic mass is 10.2. The molecule has 0 saturated carbocycles. The van der Waals surface area contributed by atoms with E-state index in [-0.39, 0.29) is 5.91 Å². The highest BCUT2D eigenvalue weighted by Crippen LogP contribution is 2.30. The first-order chi connectivity index (χ1) is 10.7. The summed E-state index contributed by atoms with van der Waals surface area (Å²) in [5, 5.41) is 6.08. The van der Waals surface area contributed by atoms with Crippen molar-refractivity contribution >= 4 is 17.3 Å². The van der Waals surface area contributed by atoms with Gasteiger partial charge in [0.25, 0.3) is 0 Å². The van der Waals surface area contributed by atoms with Gasteiger partial charge >= 0.3 is 0 Å². The third-order valence-corrected chi connectivity index (χ3v) is 3.31. The molecule has 0 fully saturated rings. The molecule has 0 aromatic heterocycles. The molecule has 1 heterocycles.